The molecule has 1 unspecified atom stereocenters. The molecule has 1 aliphatic rings. The zero-order chi connectivity index (χ0) is 14.2. The Morgan fingerprint density at radius 2 is 2.16 bits per heavy atom. The fourth-order valence-electron chi connectivity index (χ4n) is 2.18. The second kappa shape index (κ2) is 4.37. The number of nitrogens with zero attached hydrogens (tertiary/aromatic N) is 4. The summed E-state index contributed by atoms with van der Waals surface area (Å²) >= 11 is 0. The van der Waals surface area contributed by atoms with Gasteiger partial charge in [-0.1, -0.05) is 11.2 Å². The monoisotopic (exact) mass is 262 g/mol. The van der Waals surface area contributed by atoms with Crippen LogP contribution in [0, 0.1) is 11.2 Å². The maximum atomic E-state index is 13.8. The fourth-order valence-corrected chi connectivity index (χ4v) is 2.18. The van der Waals surface area contributed by atoms with Crippen molar-refractivity contribution in [2.24, 2.45) is 10.5 Å². The Labute approximate surface area is 108 Å². The van der Waals surface area contributed by atoms with Crippen molar-refractivity contribution in [1.82, 2.24) is 0 Å². The minimum Gasteiger partial charge on any atom is -0.314 e. The van der Waals surface area contributed by atoms with Gasteiger partial charge in [-0.15, -0.1) is 0 Å². The summed E-state index contributed by atoms with van der Waals surface area (Å²) in [6.07, 6.45) is 0. The number of halogens is 1. The number of rotatable bonds is 2. The number of hydrogen-bond acceptors (Lipinski definition) is 3. The lowest BCUT2D eigenvalue weighted by Crippen LogP contribution is -2.52. The molecule has 2 rings (SSSR count). The standard InChI is InChI=1S/C12H11FN4O2/c1-12(6-15-16-14)10(18)9-7(13)4-3-5-8(9)17(2)11(12)19/h3-5H,6H2,1-2H3. The summed E-state index contributed by atoms with van der Waals surface area (Å²) in [7, 11) is 1.46. The number of carbonyl (C=O) groups excluding carboxylic acids is 2. The maximum absolute atomic E-state index is 13.8. The van der Waals surface area contributed by atoms with Crippen LogP contribution in [0.15, 0.2) is 23.3 Å². The molecule has 1 amide bonds. The average molecular weight is 262 g/mol. The zero-order valence-corrected chi connectivity index (χ0v) is 10.4. The van der Waals surface area contributed by atoms with E-state index < -0.39 is 22.9 Å². The normalized spacial score (nSPS) is 21.9. The molecule has 6 nitrogen and oxygen atoms in total. The largest absolute Gasteiger partial charge is 0.314 e. The molecule has 19 heavy (non-hydrogen) atoms. The first-order valence-corrected chi connectivity index (χ1v) is 5.56. The van der Waals surface area contributed by atoms with E-state index in [1.54, 1.807) is 0 Å². The van der Waals surface area contributed by atoms with Crippen LogP contribution in [0.4, 0.5) is 10.1 Å². The summed E-state index contributed by atoms with van der Waals surface area (Å²) in [5.41, 5.74) is 6.88. The number of anilines is 1. The topological polar surface area (TPSA) is 86.1 Å². The smallest absolute Gasteiger partial charge is 0.240 e. The Morgan fingerprint density at radius 3 is 2.79 bits per heavy atom. The van der Waals surface area contributed by atoms with Gasteiger partial charge in [0.1, 0.15) is 11.2 Å². The third kappa shape index (κ3) is 1.75. The average Bonchev–Trinajstić information content (AvgIpc) is 2.40. The third-order valence-electron chi connectivity index (χ3n) is 3.31. The van der Waals surface area contributed by atoms with Crippen LogP contribution in [-0.2, 0) is 4.79 Å². The predicted octanol–water partition coefficient (Wildman–Crippen LogP) is 2.30. The Bertz CT molecular complexity index is 624. The van der Waals surface area contributed by atoms with Crippen LogP contribution in [0.5, 0.6) is 0 Å². The van der Waals surface area contributed by atoms with Gasteiger partial charge in [-0.2, -0.15) is 0 Å². The molecule has 0 saturated heterocycles. The van der Waals surface area contributed by atoms with Gasteiger partial charge in [0.2, 0.25) is 5.91 Å². The molecule has 98 valence electrons. The molecule has 1 aliphatic heterocycles. The Morgan fingerprint density at radius 1 is 1.47 bits per heavy atom. The Balaban J connectivity index is 2.65. The molecule has 0 aliphatic carbocycles. The highest BCUT2D eigenvalue weighted by molar-refractivity contribution is 6.24. The lowest BCUT2D eigenvalue weighted by molar-refractivity contribution is -0.124. The first-order valence-electron chi connectivity index (χ1n) is 5.56. The van der Waals surface area contributed by atoms with Gasteiger partial charge in [-0.25, -0.2) is 4.39 Å². The van der Waals surface area contributed by atoms with Crippen molar-refractivity contribution in [3.8, 4) is 0 Å². The summed E-state index contributed by atoms with van der Waals surface area (Å²) < 4.78 is 13.8. The zero-order valence-electron chi connectivity index (χ0n) is 10.4. The van der Waals surface area contributed by atoms with Gasteiger partial charge in [0.25, 0.3) is 0 Å². The van der Waals surface area contributed by atoms with E-state index in [4.69, 9.17) is 5.53 Å². The van der Waals surface area contributed by atoms with Crippen molar-refractivity contribution in [3.05, 3.63) is 40.0 Å². The summed E-state index contributed by atoms with van der Waals surface area (Å²) in [6.45, 7) is 1.03. The quantitative estimate of drug-likeness (QED) is 0.354. The van der Waals surface area contributed by atoms with Gasteiger partial charge in [0.05, 0.1) is 11.3 Å². The minimum absolute atomic E-state index is 0.139. The second-order valence-corrected chi connectivity index (χ2v) is 4.55. The highest BCUT2D eigenvalue weighted by Crippen LogP contribution is 2.38. The lowest BCUT2D eigenvalue weighted by Gasteiger charge is -2.36. The van der Waals surface area contributed by atoms with E-state index in [-0.39, 0.29) is 17.8 Å². The maximum Gasteiger partial charge on any atom is 0.240 e. The molecule has 0 aromatic heterocycles. The van der Waals surface area contributed by atoms with Crippen molar-refractivity contribution >= 4 is 17.4 Å². The summed E-state index contributed by atoms with van der Waals surface area (Å²) in [5.74, 6) is -1.85. The molecular weight excluding hydrogens is 251 g/mol. The number of hydrogen-bond donors (Lipinski definition) is 0. The van der Waals surface area contributed by atoms with Gasteiger partial charge in [-0.05, 0) is 24.6 Å². The highest BCUT2D eigenvalue weighted by atomic mass is 19.1. The van der Waals surface area contributed by atoms with Gasteiger partial charge in [-0.3, -0.25) is 9.59 Å². The van der Waals surface area contributed by atoms with E-state index in [2.05, 4.69) is 10.0 Å². The number of fused-ring (bicyclic) bond motifs is 1. The number of amides is 1. The molecule has 0 spiro atoms. The van der Waals surface area contributed by atoms with Crippen LogP contribution in [0.2, 0.25) is 0 Å². The van der Waals surface area contributed by atoms with E-state index in [9.17, 15) is 14.0 Å². The number of Topliss-reactive ketones (excluding diaryl/α,β-unsaturated/α-hetero) is 1. The molecule has 0 fully saturated rings. The van der Waals surface area contributed by atoms with Crippen molar-refractivity contribution < 1.29 is 14.0 Å². The number of carbonyl (C=O) groups is 2. The Hall–Kier alpha value is -2.40. The summed E-state index contributed by atoms with van der Waals surface area (Å²) in [4.78, 5) is 28.4. The van der Waals surface area contributed by atoms with E-state index in [1.807, 2.05) is 0 Å². The number of benzene rings is 1. The number of ketones is 1. The molecule has 0 radical (unpaired) electrons. The summed E-state index contributed by atoms with van der Waals surface area (Å²) in [6, 6.07) is 4.09. The molecule has 1 aromatic carbocycles. The van der Waals surface area contributed by atoms with Crippen LogP contribution in [0.1, 0.15) is 17.3 Å². The van der Waals surface area contributed by atoms with E-state index in [0.717, 1.165) is 6.07 Å². The molecule has 0 bridgehead atoms. The molecular formula is C12H11FN4O2. The SMILES string of the molecule is CN1C(=O)C(C)(CN=[N+]=[N-])C(=O)c2c(F)cccc21. The van der Waals surface area contributed by atoms with Crippen LogP contribution in [0.3, 0.4) is 0 Å². The van der Waals surface area contributed by atoms with Crippen molar-refractivity contribution in [2.75, 3.05) is 18.5 Å². The molecule has 1 aromatic rings. The second-order valence-electron chi connectivity index (χ2n) is 4.55. The highest BCUT2D eigenvalue weighted by Gasteiger charge is 2.49. The predicted molar refractivity (Wildman–Crippen MR) is 66.3 cm³/mol. The van der Waals surface area contributed by atoms with Crippen LogP contribution >= 0.6 is 0 Å². The number of azide groups is 1. The molecule has 1 atom stereocenters. The van der Waals surface area contributed by atoms with E-state index >= 15 is 0 Å². The van der Waals surface area contributed by atoms with Crippen molar-refractivity contribution in [1.29, 1.82) is 0 Å². The first kappa shape index (κ1) is 13.0. The fraction of sp³-hybridized carbons (Fsp3) is 0.333. The molecule has 1 heterocycles. The van der Waals surface area contributed by atoms with Gasteiger partial charge < -0.3 is 4.90 Å². The molecule has 0 saturated carbocycles. The summed E-state index contributed by atoms with van der Waals surface area (Å²) in [5, 5.41) is 3.29. The van der Waals surface area contributed by atoms with Crippen LogP contribution in [0.25, 0.3) is 10.4 Å². The van der Waals surface area contributed by atoms with Gasteiger partial charge in [0.15, 0.2) is 5.78 Å². The van der Waals surface area contributed by atoms with Crippen molar-refractivity contribution in [2.45, 2.75) is 6.92 Å². The minimum atomic E-state index is -1.56. The van der Waals surface area contributed by atoms with E-state index in [0.29, 0.717) is 0 Å². The van der Waals surface area contributed by atoms with Crippen LogP contribution in [-0.4, -0.2) is 25.3 Å². The first-order chi connectivity index (χ1) is 8.93. The van der Waals surface area contributed by atoms with Gasteiger partial charge >= 0.3 is 0 Å². The molecule has 0 N–H and O–H groups in total. The van der Waals surface area contributed by atoms with Crippen molar-refractivity contribution in [3.63, 3.8) is 0 Å². The molecule has 7 heteroatoms. The van der Waals surface area contributed by atoms with Crippen LogP contribution < -0.4 is 4.90 Å². The van der Waals surface area contributed by atoms with E-state index in [1.165, 1.54) is 31.0 Å². The lowest BCUT2D eigenvalue weighted by atomic mass is 9.77. The Kier molecular flexibility index (Phi) is 3.00. The van der Waals surface area contributed by atoms with Gasteiger partial charge in [0, 0.05) is 18.5 Å². The third-order valence-corrected chi connectivity index (χ3v) is 3.31.